The molecule has 1 saturated heterocycles. The number of benzene rings is 1. The van der Waals surface area contributed by atoms with Gasteiger partial charge in [-0.15, -0.1) is 0 Å². The molecule has 0 radical (unpaired) electrons. The van der Waals surface area contributed by atoms with Gasteiger partial charge in [0.1, 0.15) is 11.4 Å². The van der Waals surface area contributed by atoms with Crippen molar-refractivity contribution in [2.24, 2.45) is 5.92 Å². The fourth-order valence-corrected chi connectivity index (χ4v) is 4.51. The summed E-state index contributed by atoms with van der Waals surface area (Å²) in [4.78, 5) is 10.7. The molecule has 2 fully saturated rings. The Bertz CT molecular complexity index is 594. The number of rotatable bonds is 1. The molecular formula is C17H21NO4. The summed E-state index contributed by atoms with van der Waals surface area (Å²) < 4.78 is 12.5. The molecule has 0 aromatic heterocycles. The highest BCUT2D eigenvalue weighted by Gasteiger charge is 2.51. The monoisotopic (exact) mass is 303 g/mol. The van der Waals surface area contributed by atoms with Gasteiger partial charge in [0.15, 0.2) is 0 Å². The van der Waals surface area contributed by atoms with E-state index in [9.17, 15) is 10.1 Å². The maximum atomic E-state index is 11.1. The molecule has 2 heterocycles. The highest BCUT2D eigenvalue weighted by molar-refractivity contribution is 5.47. The molecule has 3 aliphatic rings. The smallest absolute Gasteiger partial charge is 0.270 e. The van der Waals surface area contributed by atoms with Gasteiger partial charge in [-0.2, -0.15) is 0 Å². The zero-order valence-corrected chi connectivity index (χ0v) is 12.6. The second-order valence-electron chi connectivity index (χ2n) is 6.75. The third-order valence-corrected chi connectivity index (χ3v) is 5.52. The number of nitro benzene ring substituents is 1. The number of hydrogen-bond donors (Lipinski definition) is 0. The molecule has 22 heavy (non-hydrogen) atoms. The molecule has 1 spiro atoms. The predicted octanol–water partition coefficient (Wildman–Crippen LogP) is 4.16. The fraction of sp³-hybridized carbons (Fsp3) is 0.647. The van der Waals surface area contributed by atoms with E-state index in [1.165, 1.54) is 19.3 Å². The maximum absolute atomic E-state index is 11.1. The van der Waals surface area contributed by atoms with Crippen LogP contribution in [-0.4, -0.2) is 17.1 Å². The van der Waals surface area contributed by atoms with E-state index in [4.69, 9.17) is 9.47 Å². The Morgan fingerprint density at radius 3 is 2.77 bits per heavy atom. The van der Waals surface area contributed by atoms with Crippen LogP contribution in [0.4, 0.5) is 5.69 Å². The van der Waals surface area contributed by atoms with Crippen LogP contribution in [-0.2, 0) is 4.74 Å². The first kappa shape index (κ1) is 14.0. The number of nitro groups is 1. The van der Waals surface area contributed by atoms with E-state index in [-0.39, 0.29) is 22.3 Å². The van der Waals surface area contributed by atoms with Crippen molar-refractivity contribution in [1.29, 1.82) is 0 Å². The Kier molecular flexibility index (Phi) is 3.33. The molecule has 5 heteroatoms. The molecule has 0 unspecified atom stereocenters. The molecule has 1 aliphatic carbocycles. The summed E-state index contributed by atoms with van der Waals surface area (Å²) in [5.41, 5.74) is 0.872. The second kappa shape index (κ2) is 5.23. The summed E-state index contributed by atoms with van der Waals surface area (Å²) in [5.74, 6) is 1.12. The SMILES string of the molecule is O=[N+]([O-])c1ccc2c(c1)[C@H]1OCCC[C@@H]1C1(CCCCC1)O2. The van der Waals surface area contributed by atoms with Gasteiger partial charge < -0.3 is 9.47 Å². The van der Waals surface area contributed by atoms with Gasteiger partial charge in [-0.05, 0) is 44.6 Å². The van der Waals surface area contributed by atoms with E-state index in [2.05, 4.69) is 0 Å². The van der Waals surface area contributed by atoms with E-state index in [1.807, 2.05) is 0 Å². The molecule has 1 aromatic carbocycles. The van der Waals surface area contributed by atoms with E-state index in [1.54, 1.807) is 18.2 Å². The molecule has 4 rings (SSSR count). The third-order valence-electron chi connectivity index (χ3n) is 5.52. The molecule has 2 aliphatic heterocycles. The minimum atomic E-state index is -0.344. The molecule has 1 aromatic rings. The summed E-state index contributed by atoms with van der Waals surface area (Å²) in [6.07, 6.45) is 7.93. The van der Waals surface area contributed by atoms with Crippen LogP contribution in [0.2, 0.25) is 0 Å². The van der Waals surface area contributed by atoms with Crippen molar-refractivity contribution in [3.63, 3.8) is 0 Å². The van der Waals surface area contributed by atoms with E-state index < -0.39 is 0 Å². The first-order valence-electron chi connectivity index (χ1n) is 8.29. The van der Waals surface area contributed by atoms with Gasteiger partial charge in [-0.25, -0.2) is 0 Å². The molecule has 0 N–H and O–H groups in total. The number of fused-ring (bicyclic) bond motifs is 4. The van der Waals surface area contributed by atoms with Crippen molar-refractivity contribution < 1.29 is 14.4 Å². The fourth-order valence-electron chi connectivity index (χ4n) is 4.51. The normalized spacial score (nSPS) is 29.3. The van der Waals surface area contributed by atoms with Crippen molar-refractivity contribution in [2.75, 3.05) is 6.61 Å². The minimum absolute atomic E-state index is 0.0458. The summed E-state index contributed by atoms with van der Waals surface area (Å²) in [7, 11) is 0. The lowest BCUT2D eigenvalue weighted by molar-refractivity contribution is -0.385. The quantitative estimate of drug-likeness (QED) is 0.577. The highest BCUT2D eigenvalue weighted by Crippen LogP contribution is 2.54. The maximum Gasteiger partial charge on any atom is 0.270 e. The van der Waals surface area contributed by atoms with E-state index in [0.717, 1.165) is 43.6 Å². The zero-order chi connectivity index (χ0) is 15.2. The van der Waals surface area contributed by atoms with Gasteiger partial charge in [0.05, 0.1) is 11.0 Å². The Balaban J connectivity index is 1.78. The zero-order valence-electron chi connectivity index (χ0n) is 12.6. The average Bonchev–Trinajstić information content (AvgIpc) is 2.56. The first-order chi connectivity index (χ1) is 10.7. The summed E-state index contributed by atoms with van der Waals surface area (Å²) in [5, 5.41) is 11.1. The predicted molar refractivity (Wildman–Crippen MR) is 81.0 cm³/mol. The largest absolute Gasteiger partial charge is 0.486 e. The lowest BCUT2D eigenvalue weighted by atomic mass is 9.68. The molecule has 2 atom stereocenters. The molecule has 118 valence electrons. The Labute approximate surface area is 129 Å². The van der Waals surface area contributed by atoms with E-state index >= 15 is 0 Å². The van der Waals surface area contributed by atoms with Crippen LogP contribution >= 0.6 is 0 Å². The summed E-state index contributed by atoms with van der Waals surface area (Å²) in [6.45, 7) is 0.735. The third kappa shape index (κ3) is 2.10. The highest BCUT2D eigenvalue weighted by atomic mass is 16.6. The number of nitrogens with zero attached hydrogens (tertiary/aromatic N) is 1. The minimum Gasteiger partial charge on any atom is -0.486 e. The molecule has 5 nitrogen and oxygen atoms in total. The van der Waals surface area contributed by atoms with Crippen molar-refractivity contribution in [3.05, 3.63) is 33.9 Å². The van der Waals surface area contributed by atoms with Gasteiger partial charge in [0, 0.05) is 30.2 Å². The van der Waals surface area contributed by atoms with Crippen LogP contribution < -0.4 is 4.74 Å². The standard InChI is InChI=1S/C17H21NO4/c19-18(20)12-6-7-15-13(11-12)16-14(5-4-10-21-16)17(22-15)8-2-1-3-9-17/h6-7,11,14,16H,1-5,8-10H2/t14-,16+/m0/s1. The Morgan fingerprint density at radius 2 is 2.00 bits per heavy atom. The van der Waals surface area contributed by atoms with E-state index in [0.29, 0.717) is 5.92 Å². The summed E-state index contributed by atoms with van der Waals surface area (Å²) in [6, 6.07) is 4.95. The first-order valence-corrected chi connectivity index (χ1v) is 8.29. The number of ether oxygens (including phenoxy) is 2. The number of hydrogen-bond acceptors (Lipinski definition) is 4. The average molecular weight is 303 g/mol. The van der Waals surface area contributed by atoms with Crippen molar-refractivity contribution in [2.45, 2.75) is 56.7 Å². The van der Waals surface area contributed by atoms with Crippen molar-refractivity contribution in [1.82, 2.24) is 0 Å². The lowest BCUT2D eigenvalue weighted by Gasteiger charge is -2.51. The second-order valence-corrected chi connectivity index (χ2v) is 6.75. The van der Waals surface area contributed by atoms with Gasteiger partial charge in [-0.3, -0.25) is 10.1 Å². The molecular weight excluding hydrogens is 282 g/mol. The van der Waals surface area contributed by atoms with Gasteiger partial charge in [0.2, 0.25) is 0 Å². The number of non-ortho nitro benzene ring substituents is 1. The van der Waals surface area contributed by atoms with Gasteiger partial charge in [0.25, 0.3) is 5.69 Å². The van der Waals surface area contributed by atoms with Gasteiger partial charge >= 0.3 is 0 Å². The molecule has 0 amide bonds. The van der Waals surface area contributed by atoms with Crippen LogP contribution in [0.1, 0.15) is 56.6 Å². The lowest BCUT2D eigenvalue weighted by Crippen LogP contribution is -2.52. The van der Waals surface area contributed by atoms with Gasteiger partial charge in [-0.1, -0.05) is 6.42 Å². The van der Waals surface area contributed by atoms with Crippen LogP contribution in [0.5, 0.6) is 5.75 Å². The molecule has 1 saturated carbocycles. The van der Waals surface area contributed by atoms with Crippen LogP contribution in [0.3, 0.4) is 0 Å². The summed E-state index contributed by atoms with van der Waals surface area (Å²) >= 11 is 0. The van der Waals surface area contributed by atoms with Crippen LogP contribution in [0.15, 0.2) is 18.2 Å². The Hall–Kier alpha value is -1.62. The van der Waals surface area contributed by atoms with Crippen molar-refractivity contribution in [3.8, 4) is 5.75 Å². The van der Waals surface area contributed by atoms with Crippen molar-refractivity contribution >= 4 is 5.69 Å². The topological polar surface area (TPSA) is 61.6 Å². The molecule has 0 bridgehead atoms. The van der Waals surface area contributed by atoms with Crippen LogP contribution in [0, 0.1) is 16.0 Å². The Morgan fingerprint density at radius 1 is 1.18 bits per heavy atom. The van der Waals surface area contributed by atoms with Crippen LogP contribution in [0.25, 0.3) is 0 Å².